The highest BCUT2D eigenvalue weighted by molar-refractivity contribution is 6.30. The maximum absolute atomic E-state index is 14.1. The van der Waals surface area contributed by atoms with Gasteiger partial charge in [-0.2, -0.15) is 9.78 Å². The molecule has 150 valence electrons. The highest BCUT2D eigenvalue weighted by Crippen LogP contribution is 2.11. The molecule has 1 heterocycles. The Bertz CT molecular complexity index is 1160. The highest BCUT2D eigenvalue weighted by Gasteiger charge is 2.20. The monoisotopic (exact) mass is 416 g/mol. The van der Waals surface area contributed by atoms with E-state index in [0.29, 0.717) is 23.7 Å². The average Bonchev–Trinajstić information content (AvgIpc) is 2.71. The molecule has 0 aliphatic carbocycles. The predicted octanol–water partition coefficient (Wildman–Crippen LogP) is 2.37. The summed E-state index contributed by atoms with van der Waals surface area (Å²) >= 11 is 5.89. The minimum atomic E-state index is -0.892. The second-order valence-corrected chi connectivity index (χ2v) is 6.69. The number of nitrogens with zero attached hydrogens (tertiary/aromatic N) is 3. The lowest BCUT2D eigenvalue weighted by molar-refractivity contribution is 0.0944. The third-order valence-corrected chi connectivity index (χ3v) is 4.42. The van der Waals surface area contributed by atoms with Crippen molar-refractivity contribution in [3.8, 4) is 5.69 Å². The first-order valence-corrected chi connectivity index (χ1v) is 9.32. The molecule has 1 aromatic heterocycles. The van der Waals surface area contributed by atoms with Gasteiger partial charge >= 0.3 is 5.69 Å². The van der Waals surface area contributed by atoms with Crippen LogP contribution in [0.15, 0.2) is 58.1 Å². The van der Waals surface area contributed by atoms with Gasteiger partial charge in [0.2, 0.25) is 5.69 Å². The minimum Gasteiger partial charge on any atom is -0.350 e. The van der Waals surface area contributed by atoms with Crippen LogP contribution in [0.3, 0.4) is 0 Å². The van der Waals surface area contributed by atoms with Gasteiger partial charge in [-0.3, -0.25) is 14.2 Å². The summed E-state index contributed by atoms with van der Waals surface area (Å²) in [6, 6.07) is 12.0. The van der Waals surface area contributed by atoms with Crippen molar-refractivity contribution >= 4 is 17.5 Å². The van der Waals surface area contributed by atoms with Crippen LogP contribution in [0.4, 0.5) is 4.39 Å². The van der Waals surface area contributed by atoms with Crippen molar-refractivity contribution in [3.63, 3.8) is 0 Å². The summed E-state index contributed by atoms with van der Waals surface area (Å²) < 4.78 is 15.8. The Morgan fingerprint density at radius 2 is 1.83 bits per heavy atom. The summed E-state index contributed by atoms with van der Waals surface area (Å²) in [5, 5.41) is 6.99. The van der Waals surface area contributed by atoms with Gasteiger partial charge in [-0.25, -0.2) is 9.18 Å². The van der Waals surface area contributed by atoms with Crippen LogP contribution < -0.4 is 16.6 Å². The van der Waals surface area contributed by atoms with E-state index in [2.05, 4.69) is 10.4 Å². The molecule has 7 nitrogen and oxygen atoms in total. The lowest BCUT2D eigenvalue weighted by atomic mass is 10.2. The standard InChI is InChI=1S/C20H18ClFN4O3/c1-2-11-23-18(27)17-19(28)25(12-13-5-3-4-6-16(13)22)20(29)26(24-17)15-9-7-14(21)8-10-15/h3-10H,2,11-12H2,1H3,(H,23,27). The van der Waals surface area contributed by atoms with Gasteiger partial charge in [0.1, 0.15) is 5.82 Å². The van der Waals surface area contributed by atoms with Gasteiger partial charge in [-0.15, -0.1) is 0 Å². The zero-order chi connectivity index (χ0) is 21.0. The van der Waals surface area contributed by atoms with Gasteiger partial charge in [0.15, 0.2) is 0 Å². The molecule has 0 radical (unpaired) electrons. The summed E-state index contributed by atoms with van der Waals surface area (Å²) in [5.74, 6) is -1.27. The van der Waals surface area contributed by atoms with E-state index < -0.39 is 28.7 Å². The van der Waals surface area contributed by atoms with Gasteiger partial charge < -0.3 is 5.32 Å². The van der Waals surface area contributed by atoms with Crippen molar-refractivity contribution in [2.24, 2.45) is 0 Å². The number of benzene rings is 2. The first-order chi connectivity index (χ1) is 13.9. The Morgan fingerprint density at radius 1 is 1.14 bits per heavy atom. The maximum Gasteiger partial charge on any atom is 0.352 e. The number of hydrogen-bond donors (Lipinski definition) is 1. The third-order valence-electron chi connectivity index (χ3n) is 4.17. The number of aromatic nitrogens is 3. The number of nitrogens with one attached hydrogen (secondary N) is 1. The molecule has 0 spiro atoms. The van der Waals surface area contributed by atoms with Crippen LogP contribution in [0.25, 0.3) is 5.69 Å². The third kappa shape index (κ3) is 4.43. The number of halogens is 2. The van der Waals surface area contributed by atoms with Crippen molar-refractivity contribution in [1.82, 2.24) is 19.7 Å². The average molecular weight is 417 g/mol. The molecule has 3 aromatic rings. The van der Waals surface area contributed by atoms with Gasteiger partial charge in [0.25, 0.3) is 11.5 Å². The normalized spacial score (nSPS) is 10.7. The second kappa shape index (κ2) is 8.83. The fraction of sp³-hybridized carbons (Fsp3) is 0.200. The quantitative estimate of drug-likeness (QED) is 0.668. The molecule has 1 N–H and O–H groups in total. The van der Waals surface area contributed by atoms with E-state index >= 15 is 0 Å². The highest BCUT2D eigenvalue weighted by atomic mass is 35.5. The van der Waals surface area contributed by atoms with E-state index in [9.17, 15) is 18.8 Å². The molecule has 3 rings (SSSR count). The number of carbonyl (C=O) groups is 1. The van der Waals surface area contributed by atoms with Crippen LogP contribution in [0, 0.1) is 5.82 Å². The first kappa shape index (κ1) is 20.5. The Kier molecular flexibility index (Phi) is 6.23. The smallest absolute Gasteiger partial charge is 0.350 e. The molecular formula is C20H18ClFN4O3. The van der Waals surface area contributed by atoms with Gasteiger partial charge in [-0.05, 0) is 36.8 Å². The lowest BCUT2D eigenvalue weighted by Gasteiger charge is -2.12. The van der Waals surface area contributed by atoms with Crippen molar-refractivity contribution in [3.05, 3.63) is 91.5 Å². The minimum absolute atomic E-state index is 0.139. The molecule has 0 saturated heterocycles. The van der Waals surface area contributed by atoms with E-state index in [0.717, 1.165) is 9.25 Å². The number of hydrogen-bond acceptors (Lipinski definition) is 4. The number of amides is 1. The first-order valence-electron chi connectivity index (χ1n) is 8.94. The maximum atomic E-state index is 14.1. The van der Waals surface area contributed by atoms with E-state index in [4.69, 9.17) is 11.6 Å². The van der Waals surface area contributed by atoms with Crippen LogP contribution in [0.1, 0.15) is 29.4 Å². The van der Waals surface area contributed by atoms with Gasteiger partial charge in [0, 0.05) is 17.1 Å². The molecule has 0 aliphatic heterocycles. The fourth-order valence-electron chi connectivity index (χ4n) is 2.67. The van der Waals surface area contributed by atoms with Crippen molar-refractivity contribution in [1.29, 1.82) is 0 Å². The Morgan fingerprint density at radius 3 is 2.48 bits per heavy atom. The SMILES string of the molecule is CCCNC(=O)c1nn(-c2ccc(Cl)cc2)c(=O)n(Cc2ccccc2F)c1=O. The zero-order valence-electron chi connectivity index (χ0n) is 15.6. The molecule has 0 saturated carbocycles. The summed E-state index contributed by atoms with van der Waals surface area (Å²) in [7, 11) is 0. The van der Waals surface area contributed by atoms with Crippen molar-refractivity contribution < 1.29 is 9.18 Å². The summed E-state index contributed by atoms with van der Waals surface area (Å²) in [6.07, 6.45) is 0.659. The lowest BCUT2D eigenvalue weighted by Crippen LogP contribution is -2.46. The molecule has 0 unspecified atom stereocenters. The number of rotatable bonds is 6. The molecule has 1 amide bonds. The summed E-state index contributed by atoms with van der Waals surface area (Å²) in [6.45, 7) is 1.86. The van der Waals surface area contributed by atoms with E-state index in [1.54, 1.807) is 18.2 Å². The van der Waals surface area contributed by atoms with Crippen molar-refractivity contribution in [2.75, 3.05) is 6.54 Å². The molecule has 0 aliphatic rings. The van der Waals surface area contributed by atoms with Crippen LogP contribution >= 0.6 is 11.6 Å². The molecular weight excluding hydrogens is 399 g/mol. The van der Waals surface area contributed by atoms with Gasteiger partial charge in [-0.1, -0.05) is 36.7 Å². The van der Waals surface area contributed by atoms with Crippen LogP contribution in [0.2, 0.25) is 5.02 Å². The van der Waals surface area contributed by atoms with Gasteiger partial charge in [0.05, 0.1) is 12.2 Å². The Labute approximate surface area is 170 Å². The molecule has 9 heteroatoms. The Balaban J connectivity index is 2.20. The summed E-state index contributed by atoms with van der Waals surface area (Å²) in [4.78, 5) is 38.2. The Hall–Kier alpha value is -3.26. The van der Waals surface area contributed by atoms with Crippen LogP contribution in [-0.2, 0) is 6.54 Å². The fourth-order valence-corrected chi connectivity index (χ4v) is 2.79. The van der Waals surface area contributed by atoms with Crippen LogP contribution in [0.5, 0.6) is 0 Å². The molecule has 0 atom stereocenters. The van der Waals surface area contributed by atoms with E-state index in [1.165, 1.54) is 30.3 Å². The summed E-state index contributed by atoms with van der Waals surface area (Å²) in [5.41, 5.74) is -1.69. The predicted molar refractivity (Wildman–Crippen MR) is 107 cm³/mol. The molecule has 2 aromatic carbocycles. The molecule has 0 bridgehead atoms. The van der Waals surface area contributed by atoms with E-state index in [1.807, 2.05) is 6.92 Å². The molecule has 29 heavy (non-hydrogen) atoms. The zero-order valence-corrected chi connectivity index (χ0v) is 16.3. The van der Waals surface area contributed by atoms with E-state index in [-0.39, 0.29) is 12.1 Å². The molecule has 0 fully saturated rings. The largest absolute Gasteiger partial charge is 0.352 e. The van der Waals surface area contributed by atoms with Crippen molar-refractivity contribution in [2.45, 2.75) is 19.9 Å². The number of carbonyl (C=O) groups excluding carboxylic acids is 1. The van der Waals surface area contributed by atoms with Crippen LogP contribution in [-0.4, -0.2) is 26.8 Å². The second-order valence-electron chi connectivity index (χ2n) is 6.26. The topological polar surface area (TPSA) is 86.0 Å².